The normalized spacial score (nSPS) is 14.6. The average molecular weight is 405 g/mol. The van der Waals surface area contributed by atoms with E-state index >= 15 is 0 Å². The Morgan fingerprint density at radius 2 is 1.66 bits per heavy atom. The molecule has 0 saturated carbocycles. The van der Waals surface area contributed by atoms with Crippen molar-refractivity contribution in [2.45, 2.75) is 6.92 Å². The molecule has 1 fully saturated rings. The molecule has 0 bridgehead atoms. The molecule has 0 unspecified atom stereocenters. The standard InChI is InChI=1S/C22H21ClN6/c1-16-14-21(28-12-10-27(11-13-28)20-8-4-5-9-24-20)29-22(26-16)18(15-25-29)17-6-2-3-7-19(17)23/h2-9,14-15H,10-13H2,1H3. The summed E-state index contributed by atoms with van der Waals surface area (Å²) in [4.78, 5) is 13.9. The molecular weight excluding hydrogens is 384 g/mol. The molecule has 6 nitrogen and oxygen atoms in total. The first-order chi connectivity index (χ1) is 14.2. The van der Waals surface area contributed by atoms with Crippen LogP contribution in [0, 0.1) is 6.92 Å². The first-order valence-electron chi connectivity index (χ1n) is 9.72. The van der Waals surface area contributed by atoms with Gasteiger partial charge in [0.25, 0.3) is 0 Å². The van der Waals surface area contributed by atoms with Crippen LogP contribution in [0.4, 0.5) is 11.6 Å². The Morgan fingerprint density at radius 3 is 2.41 bits per heavy atom. The highest BCUT2D eigenvalue weighted by atomic mass is 35.5. The van der Waals surface area contributed by atoms with Crippen molar-refractivity contribution in [3.05, 3.63) is 71.6 Å². The van der Waals surface area contributed by atoms with E-state index in [9.17, 15) is 0 Å². The van der Waals surface area contributed by atoms with E-state index in [0.717, 1.165) is 60.3 Å². The monoisotopic (exact) mass is 404 g/mol. The van der Waals surface area contributed by atoms with Crippen molar-refractivity contribution >= 4 is 28.9 Å². The Bertz CT molecular complexity index is 1150. The Balaban J connectivity index is 1.48. The smallest absolute Gasteiger partial charge is 0.165 e. The van der Waals surface area contributed by atoms with Crippen molar-refractivity contribution in [3.63, 3.8) is 0 Å². The summed E-state index contributed by atoms with van der Waals surface area (Å²) in [5, 5.41) is 5.36. The SMILES string of the molecule is Cc1cc(N2CCN(c3ccccn3)CC2)n2ncc(-c3ccccc3Cl)c2n1. The summed E-state index contributed by atoms with van der Waals surface area (Å²) in [6.45, 7) is 5.65. The van der Waals surface area contributed by atoms with Crippen LogP contribution in [-0.4, -0.2) is 45.8 Å². The fourth-order valence-corrected chi connectivity index (χ4v) is 4.10. The fraction of sp³-hybridized carbons (Fsp3) is 0.227. The van der Waals surface area contributed by atoms with E-state index < -0.39 is 0 Å². The highest BCUT2D eigenvalue weighted by Crippen LogP contribution is 2.32. The maximum absolute atomic E-state index is 6.43. The minimum atomic E-state index is 0.705. The lowest BCUT2D eigenvalue weighted by Gasteiger charge is -2.36. The van der Waals surface area contributed by atoms with Crippen LogP contribution in [0.25, 0.3) is 16.8 Å². The molecule has 1 aliphatic heterocycles. The van der Waals surface area contributed by atoms with Crippen molar-refractivity contribution < 1.29 is 0 Å². The number of benzene rings is 1. The Morgan fingerprint density at radius 1 is 0.897 bits per heavy atom. The maximum atomic E-state index is 6.43. The number of fused-ring (bicyclic) bond motifs is 1. The van der Waals surface area contributed by atoms with Gasteiger partial charge in [-0.25, -0.2) is 9.97 Å². The zero-order valence-corrected chi connectivity index (χ0v) is 16.9. The third kappa shape index (κ3) is 3.29. The summed E-state index contributed by atoms with van der Waals surface area (Å²) >= 11 is 6.43. The predicted octanol–water partition coefficient (Wildman–Crippen LogP) is 4.08. The minimum absolute atomic E-state index is 0.705. The van der Waals surface area contributed by atoms with Crippen LogP contribution in [0.2, 0.25) is 5.02 Å². The van der Waals surface area contributed by atoms with E-state index in [2.05, 4.69) is 32.0 Å². The molecule has 0 N–H and O–H groups in total. The highest BCUT2D eigenvalue weighted by molar-refractivity contribution is 6.33. The van der Waals surface area contributed by atoms with Crippen molar-refractivity contribution in [2.24, 2.45) is 0 Å². The van der Waals surface area contributed by atoms with Crippen LogP contribution >= 0.6 is 11.6 Å². The third-order valence-electron chi connectivity index (χ3n) is 5.32. The molecule has 1 aliphatic rings. The van der Waals surface area contributed by atoms with Gasteiger partial charge in [0.1, 0.15) is 11.6 Å². The molecule has 29 heavy (non-hydrogen) atoms. The molecule has 4 aromatic rings. The molecule has 0 aliphatic carbocycles. The summed E-state index contributed by atoms with van der Waals surface area (Å²) < 4.78 is 1.93. The van der Waals surface area contributed by atoms with E-state index in [-0.39, 0.29) is 0 Å². The maximum Gasteiger partial charge on any atom is 0.165 e. The molecule has 3 aromatic heterocycles. The van der Waals surface area contributed by atoms with Crippen LogP contribution in [0.5, 0.6) is 0 Å². The van der Waals surface area contributed by atoms with Crippen LogP contribution < -0.4 is 9.80 Å². The van der Waals surface area contributed by atoms with E-state index in [1.165, 1.54) is 0 Å². The zero-order valence-electron chi connectivity index (χ0n) is 16.2. The second-order valence-corrected chi connectivity index (χ2v) is 7.60. The van der Waals surface area contributed by atoms with Gasteiger partial charge in [-0.15, -0.1) is 0 Å². The van der Waals surface area contributed by atoms with Gasteiger partial charge in [-0.1, -0.05) is 35.9 Å². The number of hydrogen-bond acceptors (Lipinski definition) is 5. The van der Waals surface area contributed by atoms with Gasteiger partial charge in [0.2, 0.25) is 0 Å². The van der Waals surface area contributed by atoms with Gasteiger partial charge in [-0.3, -0.25) is 0 Å². The van der Waals surface area contributed by atoms with Crippen molar-refractivity contribution in [3.8, 4) is 11.1 Å². The zero-order chi connectivity index (χ0) is 19.8. The molecule has 4 heterocycles. The fourth-order valence-electron chi connectivity index (χ4n) is 3.86. The number of halogens is 1. The van der Waals surface area contributed by atoms with E-state index in [0.29, 0.717) is 5.02 Å². The number of piperazine rings is 1. The number of rotatable bonds is 3. The summed E-state index contributed by atoms with van der Waals surface area (Å²) in [5.41, 5.74) is 3.70. The molecular formula is C22H21ClN6. The average Bonchev–Trinajstić information content (AvgIpc) is 3.18. The van der Waals surface area contributed by atoms with Gasteiger partial charge < -0.3 is 9.80 Å². The van der Waals surface area contributed by atoms with Gasteiger partial charge >= 0.3 is 0 Å². The quantitative estimate of drug-likeness (QED) is 0.515. The second kappa shape index (κ2) is 7.37. The van der Waals surface area contributed by atoms with E-state index in [1.54, 1.807) is 0 Å². The molecule has 0 spiro atoms. The van der Waals surface area contributed by atoms with Crippen LogP contribution in [0.3, 0.4) is 0 Å². The molecule has 1 aromatic carbocycles. The van der Waals surface area contributed by atoms with E-state index in [1.807, 2.05) is 60.2 Å². The summed E-state index contributed by atoms with van der Waals surface area (Å²) in [7, 11) is 0. The molecule has 1 saturated heterocycles. The first kappa shape index (κ1) is 17.9. The number of anilines is 2. The summed E-state index contributed by atoms with van der Waals surface area (Å²) in [6.07, 6.45) is 3.70. The van der Waals surface area contributed by atoms with Gasteiger partial charge in [-0.2, -0.15) is 9.61 Å². The Hall–Kier alpha value is -3.12. The number of pyridine rings is 1. The molecule has 0 atom stereocenters. The van der Waals surface area contributed by atoms with Crippen molar-refractivity contribution in [2.75, 3.05) is 36.0 Å². The van der Waals surface area contributed by atoms with Crippen LogP contribution in [0.1, 0.15) is 5.69 Å². The van der Waals surface area contributed by atoms with Gasteiger partial charge in [0.15, 0.2) is 5.65 Å². The van der Waals surface area contributed by atoms with E-state index in [4.69, 9.17) is 16.6 Å². The molecule has 0 radical (unpaired) electrons. The van der Waals surface area contributed by atoms with Gasteiger partial charge in [0, 0.05) is 60.3 Å². The third-order valence-corrected chi connectivity index (χ3v) is 5.65. The summed E-state index contributed by atoms with van der Waals surface area (Å²) in [5.74, 6) is 2.09. The Kier molecular flexibility index (Phi) is 4.56. The number of aryl methyl sites for hydroxylation is 1. The lowest BCUT2D eigenvalue weighted by Crippen LogP contribution is -2.47. The molecule has 5 rings (SSSR count). The number of aromatic nitrogens is 4. The first-order valence-corrected chi connectivity index (χ1v) is 10.1. The van der Waals surface area contributed by atoms with Crippen molar-refractivity contribution in [1.82, 2.24) is 19.6 Å². The number of nitrogens with zero attached hydrogens (tertiary/aromatic N) is 6. The van der Waals surface area contributed by atoms with Gasteiger partial charge in [-0.05, 0) is 25.1 Å². The molecule has 0 amide bonds. The van der Waals surface area contributed by atoms with Crippen LogP contribution in [0.15, 0.2) is 60.9 Å². The minimum Gasteiger partial charge on any atom is -0.353 e. The lowest BCUT2D eigenvalue weighted by molar-refractivity contribution is 0.633. The second-order valence-electron chi connectivity index (χ2n) is 7.19. The molecule has 146 valence electrons. The van der Waals surface area contributed by atoms with Gasteiger partial charge in [0.05, 0.1) is 6.20 Å². The predicted molar refractivity (Wildman–Crippen MR) is 117 cm³/mol. The Labute approximate surface area is 174 Å². The molecule has 7 heteroatoms. The largest absolute Gasteiger partial charge is 0.353 e. The summed E-state index contributed by atoms with van der Waals surface area (Å²) in [6, 6.07) is 16.0. The topological polar surface area (TPSA) is 49.6 Å². The van der Waals surface area contributed by atoms with Crippen LogP contribution in [-0.2, 0) is 0 Å². The lowest BCUT2D eigenvalue weighted by atomic mass is 10.1. The van der Waals surface area contributed by atoms with Crippen molar-refractivity contribution in [1.29, 1.82) is 0 Å². The highest BCUT2D eigenvalue weighted by Gasteiger charge is 2.22. The number of hydrogen-bond donors (Lipinski definition) is 0.